The molecular weight excluding hydrogens is 363 g/mol. The first-order valence-electron chi connectivity index (χ1n) is 8.59. The van der Waals surface area contributed by atoms with Crippen LogP contribution in [-0.4, -0.2) is 64.9 Å². The van der Waals surface area contributed by atoms with Gasteiger partial charge in [0.2, 0.25) is 17.7 Å². The number of amides is 3. The topological polar surface area (TPSA) is 60.9 Å². The lowest BCUT2D eigenvalue weighted by Gasteiger charge is -2.22. The van der Waals surface area contributed by atoms with E-state index in [0.717, 1.165) is 16.0 Å². The first-order valence-corrected chi connectivity index (χ1v) is 8.59. The lowest BCUT2D eigenvalue weighted by molar-refractivity contribution is -0.158. The number of carbonyl (C=O) groups excluding carboxylic acids is 3. The minimum Gasteiger partial charge on any atom is -0.338 e. The van der Waals surface area contributed by atoms with Crippen molar-refractivity contribution in [2.45, 2.75) is 26.1 Å². The second kappa shape index (κ2) is 7.21. The molecule has 3 rings (SSSR count). The molecule has 0 radical (unpaired) electrons. The summed E-state index contributed by atoms with van der Waals surface area (Å²) in [4.78, 5) is 39.8. The Kier molecular flexibility index (Phi) is 5.12. The molecule has 0 aliphatic carbocycles. The molecule has 3 amide bonds. The number of hydrogen-bond acceptors (Lipinski definition) is 3. The Hall–Kier alpha value is -2.58. The number of aryl methyl sites for hydroxylation is 1. The van der Waals surface area contributed by atoms with Crippen LogP contribution < -0.4 is 0 Å². The normalized spacial score (nSPS) is 20.7. The first-order chi connectivity index (χ1) is 12.6. The Morgan fingerprint density at radius 1 is 1.11 bits per heavy atom. The number of rotatable bonds is 4. The van der Waals surface area contributed by atoms with Crippen molar-refractivity contribution in [1.82, 2.24) is 14.7 Å². The summed E-state index contributed by atoms with van der Waals surface area (Å²) in [6.45, 7) is 0.395. The largest absolute Gasteiger partial charge is 0.406 e. The van der Waals surface area contributed by atoms with Crippen molar-refractivity contribution >= 4 is 17.7 Å². The van der Waals surface area contributed by atoms with E-state index < -0.39 is 30.5 Å². The third-order valence-corrected chi connectivity index (χ3v) is 4.76. The van der Waals surface area contributed by atoms with Gasteiger partial charge in [-0.3, -0.25) is 14.4 Å². The molecule has 1 aromatic rings. The van der Waals surface area contributed by atoms with Crippen molar-refractivity contribution in [3.8, 4) is 0 Å². The van der Waals surface area contributed by atoms with E-state index in [4.69, 9.17) is 0 Å². The van der Waals surface area contributed by atoms with Crippen LogP contribution in [0.15, 0.2) is 24.3 Å². The Labute approximate surface area is 154 Å². The zero-order valence-electron chi connectivity index (χ0n) is 14.8. The maximum atomic E-state index is 12.6. The third-order valence-electron chi connectivity index (χ3n) is 4.76. The second-order valence-corrected chi connectivity index (χ2v) is 7.05. The number of alkyl halides is 3. The van der Waals surface area contributed by atoms with E-state index in [1.165, 1.54) is 0 Å². The van der Waals surface area contributed by atoms with Crippen molar-refractivity contribution in [3.05, 3.63) is 35.4 Å². The van der Waals surface area contributed by atoms with Gasteiger partial charge in [-0.1, -0.05) is 29.8 Å². The summed E-state index contributed by atoms with van der Waals surface area (Å²) in [5.41, 5.74) is 2.04. The van der Waals surface area contributed by atoms with Crippen molar-refractivity contribution in [1.29, 1.82) is 0 Å². The average Bonchev–Trinajstić information content (AvgIpc) is 3.11. The summed E-state index contributed by atoms with van der Waals surface area (Å²) < 4.78 is 37.5. The van der Waals surface area contributed by atoms with E-state index in [2.05, 4.69) is 0 Å². The highest BCUT2D eigenvalue weighted by atomic mass is 19.4. The van der Waals surface area contributed by atoms with E-state index in [-0.39, 0.29) is 32.1 Å². The Bertz CT molecular complexity index is 748. The van der Waals surface area contributed by atoms with E-state index in [1.54, 1.807) is 4.90 Å². The monoisotopic (exact) mass is 383 g/mol. The molecule has 2 heterocycles. The highest BCUT2D eigenvalue weighted by molar-refractivity contribution is 5.93. The molecule has 1 atom stereocenters. The molecule has 0 bridgehead atoms. The predicted molar refractivity (Wildman–Crippen MR) is 89.1 cm³/mol. The molecule has 0 N–H and O–H groups in total. The highest BCUT2D eigenvalue weighted by Gasteiger charge is 2.42. The molecule has 2 saturated heterocycles. The number of halogens is 3. The van der Waals surface area contributed by atoms with Gasteiger partial charge in [-0.25, -0.2) is 0 Å². The van der Waals surface area contributed by atoms with Gasteiger partial charge in [0.05, 0.1) is 12.6 Å². The highest BCUT2D eigenvalue weighted by Crippen LogP contribution is 2.25. The van der Waals surface area contributed by atoms with Crippen LogP contribution in [0.5, 0.6) is 0 Å². The molecule has 2 fully saturated rings. The van der Waals surface area contributed by atoms with Gasteiger partial charge in [-0.05, 0) is 12.5 Å². The molecule has 2 aliphatic heterocycles. The molecule has 27 heavy (non-hydrogen) atoms. The molecular formula is C18H20F3N3O3. The molecule has 1 aromatic carbocycles. The van der Waals surface area contributed by atoms with Crippen LogP contribution >= 0.6 is 0 Å². The molecule has 0 spiro atoms. The van der Waals surface area contributed by atoms with Crippen LogP contribution in [0.2, 0.25) is 0 Å². The summed E-state index contributed by atoms with van der Waals surface area (Å²) >= 11 is 0. The zero-order valence-corrected chi connectivity index (χ0v) is 14.8. The molecule has 1 unspecified atom stereocenters. The minimum atomic E-state index is -4.51. The van der Waals surface area contributed by atoms with Gasteiger partial charge in [0.1, 0.15) is 13.1 Å². The fourth-order valence-electron chi connectivity index (χ4n) is 3.36. The summed E-state index contributed by atoms with van der Waals surface area (Å²) in [6, 6.07) is 7.69. The van der Waals surface area contributed by atoms with E-state index in [1.807, 2.05) is 31.2 Å². The molecule has 146 valence electrons. The van der Waals surface area contributed by atoms with Gasteiger partial charge >= 0.3 is 6.18 Å². The van der Waals surface area contributed by atoms with Crippen molar-refractivity contribution in [3.63, 3.8) is 0 Å². The maximum Gasteiger partial charge on any atom is 0.406 e. The predicted octanol–water partition coefficient (Wildman–Crippen LogP) is 1.53. The van der Waals surface area contributed by atoms with E-state index >= 15 is 0 Å². The van der Waals surface area contributed by atoms with Gasteiger partial charge < -0.3 is 14.7 Å². The van der Waals surface area contributed by atoms with Gasteiger partial charge in [-0.15, -0.1) is 0 Å². The quantitative estimate of drug-likeness (QED) is 0.792. The molecule has 0 saturated carbocycles. The molecule has 9 heteroatoms. The summed E-state index contributed by atoms with van der Waals surface area (Å²) in [5, 5.41) is 0. The van der Waals surface area contributed by atoms with Crippen LogP contribution in [0, 0.1) is 12.8 Å². The molecule has 2 aliphatic rings. The number of likely N-dealkylation sites (tertiary alicyclic amines) is 1. The molecule has 6 nitrogen and oxygen atoms in total. The SMILES string of the molecule is Cc1ccc(CN2CC(C(=O)N3CC(=O)N(CC(F)(F)F)C3)CC2=O)cc1. The van der Waals surface area contributed by atoms with Crippen molar-refractivity contribution in [2.75, 3.05) is 26.3 Å². The van der Waals surface area contributed by atoms with Crippen molar-refractivity contribution < 1.29 is 27.6 Å². The second-order valence-electron chi connectivity index (χ2n) is 7.05. The standard InChI is InChI=1S/C18H20F3N3O3/c1-12-2-4-13(5-3-12)7-22-8-14(6-15(22)25)17(27)23-9-16(26)24(11-23)10-18(19,20)21/h2-5,14H,6-11H2,1H3. The van der Waals surface area contributed by atoms with Gasteiger partial charge in [-0.2, -0.15) is 13.2 Å². The first kappa shape index (κ1) is 19.2. The summed E-state index contributed by atoms with van der Waals surface area (Å²) in [7, 11) is 0. The van der Waals surface area contributed by atoms with Gasteiger partial charge in [0.15, 0.2) is 0 Å². The van der Waals surface area contributed by atoms with Gasteiger partial charge in [0.25, 0.3) is 0 Å². The number of benzene rings is 1. The maximum absolute atomic E-state index is 12.6. The van der Waals surface area contributed by atoms with Crippen LogP contribution in [0.1, 0.15) is 17.5 Å². The van der Waals surface area contributed by atoms with E-state index in [0.29, 0.717) is 11.4 Å². The summed E-state index contributed by atoms with van der Waals surface area (Å²) in [5.74, 6) is -2.00. The molecule has 0 aromatic heterocycles. The number of nitrogens with zero attached hydrogens (tertiary/aromatic N) is 3. The fourth-order valence-corrected chi connectivity index (χ4v) is 3.36. The third kappa shape index (κ3) is 4.58. The average molecular weight is 383 g/mol. The van der Waals surface area contributed by atoms with Crippen LogP contribution in [0.3, 0.4) is 0 Å². The van der Waals surface area contributed by atoms with Crippen LogP contribution in [0.25, 0.3) is 0 Å². The zero-order chi connectivity index (χ0) is 19.8. The number of carbonyl (C=O) groups is 3. The van der Waals surface area contributed by atoms with Crippen LogP contribution in [-0.2, 0) is 20.9 Å². The van der Waals surface area contributed by atoms with Gasteiger partial charge in [0, 0.05) is 19.5 Å². The summed E-state index contributed by atoms with van der Waals surface area (Å²) in [6.07, 6.45) is -4.50. The van der Waals surface area contributed by atoms with Crippen LogP contribution in [0.4, 0.5) is 13.2 Å². The lowest BCUT2D eigenvalue weighted by atomic mass is 10.1. The number of hydrogen-bond donors (Lipinski definition) is 0. The Morgan fingerprint density at radius 3 is 2.41 bits per heavy atom. The van der Waals surface area contributed by atoms with E-state index in [9.17, 15) is 27.6 Å². The fraction of sp³-hybridized carbons (Fsp3) is 0.500. The smallest absolute Gasteiger partial charge is 0.338 e. The Morgan fingerprint density at radius 2 is 1.78 bits per heavy atom. The van der Waals surface area contributed by atoms with Crippen molar-refractivity contribution in [2.24, 2.45) is 5.92 Å². The Balaban J connectivity index is 1.59. The lowest BCUT2D eigenvalue weighted by Crippen LogP contribution is -2.39. The minimum absolute atomic E-state index is 0.00859.